The van der Waals surface area contributed by atoms with Crippen molar-refractivity contribution in [2.75, 3.05) is 24.7 Å². The van der Waals surface area contributed by atoms with E-state index < -0.39 is 10.0 Å². The van der Waals surface area contributed by atoms with Crippen molar-refractivity contribution in [3.63, 3.8) is 0 Å². The third-order valence-electron chi connectivity index (χ3n) is 4.19. The molecular formula is C16H18ClN3O4S. The second-order valence-electron chi connectivity index (χ2n) is 6.01. The summed E-state index contributed by atoms with van der Waals surface area (Å²) in [6, 6.07) is 8.77. The van der Waals surface area contributed by atoms with E-state index in [4.69, 9.17) is 16.1 Å². The number of sulfonamides is 1. The molecule has 1 N–H and O–H groups in total. The van der Waals surface area contributed by atoms with Crippen molar-refractivity contribution in [1.82, 2.24) is 9.46 Å². The first kappa shape index (κ1) is 17.9. The fourth-order valence-electron chi connectivity index (χ4n) is 2.76. The highest BCUT2D eigenvalue weighted by atomic mass is 35.5. The lowest BCUT2D eigenvalue weighted by atomic mass is 9.97. The number of nitrogens with one attached hydrogen (secondary N) is 1. The van der Waals surface area contributed by atoms with Gasteiger partial charge in [0.05, 0.1) is 6.26 Å². The molecule has 9 heteroatoms. The number of anilines is 1. The third-order valence-corrected chi connectivity index (χ3v) is 5.75. The lowest BCUT2D eigenvalue weighted by molar-refractivity contribution is -0.121. The summed E-state index contributed by atoms with van der Waals surface area (Å²) >= 11 is 5.86. The Morgan fingerprint density at radius 2 is 1.92 bits per heavy atom. The minimum absolute atomic E-state index is 0.188. The van der Waals surface area contributed by atoms with Crippen molar-refractivity contribution in [2.45, 2.75) is 12.8 Å². The van der Waals surface area contributed by atoms with Gasteiger partial charge in [0, 0.05) is 35.7 Å². The van der Waals surface area contributed by atoms with E-state index in [1.54, 1.807) is 18.2 Å². The monoisotopic (exact) mass is 383 g/mol. The molecule has 1 fully saturated rings. The zero-order valence-corrected chi connectivity index (χ0v) is 15.2. The maximum absolute atomic E-state index is 12.3. The molecule has 25 heavy (non-hydrogen) atoms. The summed E-state index contributed by atoms with van der Waals surface area (Å²) < 4.78 is 29.6. The lowest BCUT2D eigenvalue weighted by Crippen LogP contribution is -2.40. The van der Waals surface area contributed by atoms with Crippen LogP contribution in [-0.4, -0.2) is 43.1 Å². The van der Waals surface area contributed by atoms with Crippen molar-refractivity contribution in [2.24, 2.45) is 5.92 Å². The first-order valence-corrected chi connectivity index (χ1v) is 10.0. The van der Waals surface area contributed by atoms with Crippen LogP contribution in [0.5, 0.6) is 0 Å². The molecule has 1 aliphatic rings. The van der Waals surface area contributed by atoms with Crippen molar-refractivity contribution in [3.8, 4) is 11.3 Å². The predicted molar refractivity (Wildman–Crippen MR) is 94.7 cm³/mol. The first-order valence-electron chi connectivity index (χ1n) is 7.81. The quantitative estimate of drug-likeness (QED) is 0.875. The molecule has 1 aliphatic heterocycles. The standard InChI is InChI=1S/C16H18ClN3O4S/c1-25(22,23)20-8-6-12(7-9-20)16(21)18-15-10-14(19-24-15)11-2-4-13(17)5-3-11/h2-5,10,12H,6-9H2,1H3,(H,18,21). The molecule has 0 atom stereocenters. The number of aromatic nitrogens is 1. The van der Waals surface area contributed by atoms with Gasteiger partial charge in [0.1, 0.15) is 5.69 Å². The van der Waals surface area contributed by atoms with Gasteiger partial charge in [-0.25, -0.2) is 12.7 Å². The number of halogens is 1. The molecule has 1 saturated heterocycles. The molecule has 2 aromatic rings. The van der Waals surface area contributed by atoms with Crippen molar-refractivity contribution in [1.29, 1.82) is 0 Å². The molecule has 0 bridgehead atoms. The zero-order chi connectivity index (χ0) is 18.0. The van der Waals surface area contributed by atoms with Gasteiger partial charge in [-0.15, -0.1) is 0 Å². The van der Waals surface area contributed by atoms with E-state index in [0.717, 1.165) is 5.56 Å². The van der Waals surface area contributed by atoms with E-state index in [1.165, 1.54) is 10.6 Å². The summed E-state index contributed by atoms with van der Waals surface area (Å²) in [6.45, 7) is 0.701. The van der Waals surface area contributed by atoms with Gasteiger partial charge in [-0.1, -0.05) is 28.9 Å². The fourth-order valence-corrected chi connectivity index (χ4v) is 3.76. The number of nitrogens with zero attached hydrogens (tertiary/aromatic N) is 2. The summed E-state index contributed by atoms with van der Waals surface area (Å²) in [5, 5.41) is 7.27. The number of carbonyl (C=O) groups is 1. The Hall–Kier alpha value is -1.90. The Labute approximate surface area is 151 Å². The van der Waals surface area contributed by atoms with Crippen LogP contribution in [0.4, 0.5) is 5.88 Å². The van der Waals surface area contributed by atoms with Gasteiger partial charge in [0.25, 0.3) is 0 Å². The highest BCUT2D eigenvalue weighted by molar-refractivity contribution is 7.88. The first-order chi connectivity index (χ1) is 11.8. The van der Waals surface area contributed by atoms with Gasteiger partial charge >= 0.3 is 0 Å². The number of benzene rings is 1. The molecule has 7 nitrogen and oxygen atoms in total. The minimum Gasteiger partial charge on any atom is -0.338 e. The maximum Gasteiger partial charge on any atom is 0.231 e. The Bertz CT molecular complexity index is 856. The van der Waals surface area contributed by atoms with Crippen LogP contribution >= 0.6 is 11.6 Å². The summed E-state index contributed by atoms with van der Waals surface area (Å²) in [5.74, 6) is -0.172. The topological polar surface area (TPSA) is 92.5 Å². The molecule has 1 aromatic carbocycles. The third kappa shape index (κ3) is 4.39. The van der Waals surface area contributed by atoms with Crippen molar-refractivity contribution < 1.29 is 17.7 Å². The molecule has 2 heterocycles. The summed E-state index contributed by atoms with van der Waals surface area (Å²) in [6.07, 6.45) is 2.15. The Morgan fingerprint density at radius 3 is 2.52 bits per heavy atom. The Balaban J connectivity index is 1.60. The van der Waals surface area contributed by atoms with Crippen LogP contribution in [0.3, 0.4) is 0 Å². The Morgan fingerprint density at radius 1 is 1.28 bits per heavy atom. The molecule has 134 valence electrons. The van der Waals surface area contributed by atoms with Crippen LogP contribution in [0.1, 0.15) is 12.8 Å². The van der Waals surface area contributed by atoms with E-state index >= 15 is 0 Å². The van der Waals surface area contributed by atoms with Crippen LogP contribution in [0, 0.1) is 5.92 Å². The van der Waals surface area contributed by atoms with E-state index in [9.17, 15) is 13.2 Å². The van der Waals surface area contributed by atoms with Gasteiger partial charge in [0.2, 0.25) is 21.8 Å². The summed E-state index contributed by atoms with van der Waals surface area (Å²) in [5.41, 5.74) is 1.42. The fraction of sp³-hybridized carbons (Fsp3) is 0.375. The van der Waals surface area contributed by atoms with Crippen LogP contribution in [0.25, 0.3) is 11.3 Å². The van der Waals surface area contributed by atoms with Gasteiger partial charge < -0.3 is 4.52 Å². The molecule has 0 aliphatic carbocycles. The second kappa shape index (κ2) is 7.15. The number of rotatable bonds is 4. The van der Waals surface area contributed by atoms with Gasteiger partial charge in [-0.3, -0.25) is 10.1 Å². The SMILES string of the molecule is CS(=O)(=O)N1CCC(C(=O)Nc2cc(-c3ccc(Cl)cc3)no2)CC1. The molecule has 3 rings (SSSR count). The van der Waals surface area contributed by atoms with Crippen LogP contribution in [-0.2, 0) is 14.8 Å². The molecule has 0 spiro atoms. The molecule has 1 amide bonds. The number of hydrogen-bond donors (Lipinski definition) is 1. The van der Waals surface area contributed by atoms with E-state index in [0.29, 0.717) is 36.6 Å². The molecule has 0 saturated carbocycles. The van der Waals surface area contributed by atoms with Crippen molar-refractivity contribution >= 4 is 33.4 Å². The van der Waals surface area contributed by atoms with Crippen LogP contribution < -0.4 is 5.32 Å². The highest BCUT2D eigenvalue weighted by Crippen LogP contribution is 2.25. The molecule has 1 aromatic heterocycles. The number of piperidine rings is 1. The number of amides is 1. The second-order valence-corrected chi connectivity index (χ2v) is 8.43. The van der Waals surface area contributed by atoms with E-state index in [1.807, 2.05) is 12.1 Å². The van der Waals surface area contributed by atoms with Crippen molar-refractivity contribution in [3.05, 3.63) is 35.4 Å². The van der Waals surface area contributed by atoms with Gasteiger partial charge in [-0.05, 0) is 25.0 Å². The zero-order valence-electron chi connectivity index (χ0n) is 13.6. The largest absolute Gasteiger partial charge is 0.338 e. The van der Waals surface area contributed by atoms with E-state index in [-0.39, 0.29) is 17.7 Å². The molecule has 0 radical (unpaired) electrons. The predicted octanol–water partition coefficient (Wildman–Crippen LogP) is 2.61. The minimum atomic E-state index is -3.20. The Kier molecular flexibility index (Phi) is 5.12. The average Bonchev–Trinajstić information content (AvgIpc) is 3.03. The average molecular weight is 384 g/mol. The highest BCUT2D eigenvalue weighted by Gasteiger charge is 2.29. The summed E-state index contributed by atoms with van der Waals surface area (Å²) in [4.78, 5) is 12.3. The maximum atomic E-state index is 12.3. The number of carbonyl (C=O) groups excluding carboxylic acids is 1. The number of hydrogen-bond acceptors (Lipinski definition) is 5. The van der Waals surface area contributed by atoms with Gasteiger partial charge in [0.15, 0.2) is 0 Å². The summed E-state index contributed by atoms with van der Waals surface area (Å²) in [7, 11) is -3.20. The van der Waals surface area contributed by atoms with E-state index in [2.05, 4.69) is 10.5 Å². The van der Waals surface area contributed by atoms with Crippen LogP contribution in [0.2, 0.25) is 5.02 Å². The normalized spacial score (nSPS) is 16.7. The van der Waals surface area contributed by atoms with Gasteiger partial charge in [-0.2, -0.15) is 0 Å². The lowest BCUT2D eigenvalue weighted by Gasteiger charge is -2.29. The smallest absolute Gasteiger partial charge is 0.231 e. The molecule has 0 unspecified atom stereocenters. The molecular weight excluding hydrogens is 366 g/mol. The van der Waals surface area contributed by atoms with Crippen LogP contribution in [0.15, 0.2) is 34.9 Å².